The third-order valence-electron chi connectivity index (χ3n) is 2.35. The van der Waals surface area contributed by atoms with Gasteiger partial charge in [0.25, 0.3) is 0 Å². The number of aliphatic hydroxyl groups excluding tert-OH is 1. The van der Waals surface area contributed by atoms with Crippen molar-refractivity contribution in [2.75, 3.05) is 18.9 Å². The molecule has 0 saturated heterocycles. The van der Waals surface area contributed by atoms with Crippen molar-refractivity contribution in [2.45, 2.75) is 51.3 Å². The Morgan fingerprint density at radius 3 is 2.57 bits per heavy atom. The first-order valence-electron chi connectivity index (χ1n) is 5.72. The third-order valence-corrected chi connectivity index (χ3v) is 3.72. The number of hydrogen-bond donors (Lipinski definition) is 2. The van der Waals surface area contributed by atoms with E-state index in [1.54, 1.807) is 0 Å². The largest absolute Gasteiger partial charge is 0.396 e. The van der Waals surface area contributed by atoms with Crippen LogP contribution in [0.5, 0.6) is 0 Å². The zero-order valence-electron chi connectivity index (χ0n) is 9.75. The molecule has 14 heavy (non-hydrogen) atoms. The topological polar surface area (TPSA) is 32.3 Å². The van der Waals surface area contributed by atoms with E-state index in [1.807, 2.05) is 11.8 Å². The van der Waals surface area contributed by atoms with E-state index in [0.717, 1.165) is 18.7 Å². The summed E-state index contributed by atoms with van der Waals surface area (Å²) < 4.78 is 0. The highest BCUT2D eigenvalue weighted by Crippen LogP contribution is 2.17. The van der Waals surface area contributed by atoms with Crippen LogP contribution in [0.2, 0.25) is 0 Å². The number of rotatable bonds is 9. The van der Waals surface area contributed by atoms with Gasteiger partial charge in [0.1, 0.15) is 0 Å². The van der Waals surface area contributed by atoms with Crippen molar-refractivity contribution in [3.05, 3.63) is 0 Å². The van der Waals surface area contributed by atoms with Crippen LogP contribution in [0, 0.1) is 0 Å². The number of aliphatic hydroxyl groups is 1. The first kappa shape index (κ1) is 14.3. The van der Waals surface area contributed by atoms with Crippen LogP contribution in [-0.4, -0.2) is 35.3 Å². The second-order valence-corrected chi connectivity index (χ2v) is 5.11. The summed E-state index contributed by atoms with van der Waals surface area (Å²) in [6.07, 6.45) is 3.30. The van der Waals surface area contributed by atoms with E-state index in [2.05, 4.69) is 26.1 Å². The minimum Gasteiger partial charge on any atom is -0.396 e. The maximum atomic E-state index is 8.69. The Hall–Kier alpha value is 0.270. The van der Waals surface area contributed by atoms with Crippen molar-refractivity contribution >= 4 is 11.8 Å². The number of thioether (sulfide) groups is 1. The molecule has 2 unspecified atom stereocenters. The van der Waals surface area contributed by atoms with Gasteiger partial charge in [-0.3, -0.25) is 0 Å². The van der Waals surface area contributed by atoms with Gasteiger partial charge in [-0.1, -0.05) is 20.8 Å². The lowest BCUT2D eigenvalue weighted by atomic mass is 10.1. The molecule has 0 aromatic heterocycles. The van der Waals surface area contributed by atoms with E-state index >= 15 is 0 Å². The van der Waals surface area contributed by atoms with Crippen molar-refractivity contribution in [1.82, 2.24) is 5.32 Å². The average Bonchev–Trinajstić information content (AvgIpc) is 2.19. The summed E-state index contributed by atoms with van der Waals surface area (Å²) in [7, 11) is 0. The molecular weight excluding hydrogens is 194 g/mol. The molecule has 0 fully saturated rings. The van der Waals surface area contributed by atoms with Gasteiger partial charge in [-0.2, -0.15) is 11.8 Å². The molecule has 0 aromatic carbocycles. The highest BCUT2D eigenvalue weighted by Gasteiger charge is 2.13. The normalized spacial score (nSPS) is 15.4. The zero-order chi connectivity index (χ0) is 10.8. The highest BCUT2D eigenvalue weighted by atomic mass is 32.2. The Kier molecular flexibility index (Phi) is 10.0. The van der Waals surface area contributed by atoms with Gasteiger partial charge in [0.05, 0.1) is 0 Å². The fourth-order valence-electron chi connectivity index (χ4n) is 1.42. The molecule has 0 aromatic rings. The Morgan fingerprint density at radius 2 is 2.07 bits per heavy atom. The molecule has 0 aliphatic heterocycles. The standard InChI is InChI=1S/C11H25NOS/c1-4-7-12-11(5-2)10(3)14-9-6-8-13/h10-13H,4-9H2,1-3H3. The zero-order valence-corrected chi connectivity index (χ0v) is 10.6. The second kappa shape index (κ2) is 9.81. The van der Waals surface area contributed by atoms with E-state index in [9.17, 15) is 0 Å². The molecule has 86 valence electrons. The van der Waals surface area contributed by atoms with E-state index in [1.165, 1.54) is 12.8 Å². The van der Waals surface area contributed by atoms with E-state index < -0.39 is 0 Å². The minimum absolute atomic E-state index is 0.318. The minimum atomic E-state index is 0.318. The molecule has 0 aliphatic carbocycles. The van der Waals surface area contributed by atoms with Crippen LogP contribution in [0.15, 0.2) is 0 Å². The van der Waals surface area contributed by atoms with Crippen LogP contribution >= 0.6 is 11.8 Å². The predicted molar refractivity (Wildman–Crippen MR) is 66.0 cm³/mol. The summed E-state index contributed by atoms with van der Waals surface area (Å²) in [6, 6.07) is 0.624. The molecule has 2 nitrogen and oxygen atoms in total. The second-order valence-electron chi connectivity index (χ2n) is 3.62. The molecule has 2 atom stereocenters. The fraction of sp³-hybridized carbons (Fsp3) is 1.00. The Morgan fingerprint density at radius 1 is 1.36 bits per heavy atom. The van der Waals surface area contributed by atoms with Gasteiger partial charge in [-0.15, -0.1) is 0 Å². The van der Waals surface area contributed by atoms with Crippen LogP contribution in [0.25, 0.3) is 0 Å². The summed E-state index contributed by atoms with van der Waals surface area (Å²) in [5.74, 6) is 1.07. The smallest absolute Gasteiger partial charge is 0.0438 e. The van der Waals surface area contributed by atoms with Gasteiger partial charge in [0.15, 0.2) is 0 Å². The van der Waals surface area contributed by atoms with E-state index in [-0.39, 0.29) is 0 Å². The molecular formula is C11H25NOS. The molecule has 0 heterocycles. The lowest BCUT2D eigenvalue weighted by molar-refractivity contribution is 0.296. The maximum Gasteiger partial charge on any atom is 0.0438 e. The fourth-order valence-corrected chi connectivity index (χ4v) is 2.61. The number of nitrogens with one attached hydrogen (secondary N) is 1. The average molecular weight is 219 g/mol. The lowest BCUT2D eigenvalue weighted by Gasteiger charge is -2.23. The van der Waals surface area contributed by atoms with Gasteiger partial charge in [0.2, 0.25) is 0 Å². The molecule has 0 radical (unpaired) electrons. The van der Waals surface area contributed by atoms with Gasteiger partial charge in [0, 0.05) is 17.9 Å². The first-order chi connectivity index (χ1) is 6.76. The quantitative estimate of drug-likeness (QED) is 0.584. The third kappa shape index (κ3) is 6.68. The van der Waals surface area contributed by atoms with Gasteiger partial charge in [-0.25, -0.2) is 0 Å². The van der Waals surface area contributed by atoms with Gasteiger partial charge < -0.3 is 10.4 Å². The summed E-state index contributed by atoms with van der Waals surface area (Å²) in [5, 5.41) is 12.9. The molecule has 0 rings (SSSR count). The van der Waals surface area contributed by atoms with Crippen LogP contribution in [0.3, 0.4) is 0 Å². The molecule has 0 aliphatic rings. The van der Waals surface area contributed by atoms with Crippen LogP contribution in [0.1, 0.15) is 40.0 Å². The Balaban J connectivity index is 3.61. The highest BCUT2D eigenvalue weighted by molar-refractivity contribution is 7.99. The summed E-state index contributed by atoms with van der Waals surface area (Å²) in [6.45, 7) is 8.14. The summed E-state index contributed by atoms with van der Waals surface area (Å²) >= 11 is 1.96. The van der Waals surface area contributed by atoms with Gasteiger partial charge >= 0.3 is 0 Å². The van der Waals surface area contributed by atoms with E-state index in [0.29, 0.717) is 17.9 Å². The van der Waals surface area contributed by atoms with Crippen LogP contribution in [-0.2, 0) is 0 Å². The Labute approximate surface area is 92.9 Å². The summed E-state index contributed by atoms with van der Waals surface area (Å²) in [4.78, 5) is 0. The van der Waals surface area contributed by atoms with Crippen molar-refractivity contribution in [2.24, 2.45) is 0 Å². The van der Waals surface area contributed by atoms with Crippen molar-refractivity contribution < 1.29 is 5.11 Å². The van der Waals surface area contributed by atoms with E-state index in [4.69, 9.17) is 5.11 Å². The molecule has 0 spiro atoms. The molecule has 0 saturated carbocycles. The SMILES string of the molecule is CCCNC(CC)C(C)SCCCO. The molecule has 0 amide bonds. The van der Waals surface area contributed by atoms with Crippen molar-refractivity contribution in [3.63, 3.8) is 0 Å². The number of hydrogen-bond acceptors (Lipinski definition) is 3. The van der Waals surface area contributed by atoms with Crippen molar-refractivity contribution in [1.29, 1.82) is 0 Å². The van der Waals surface area contributed by atoms with Gasteiger partial charge in [-0.05, 0) is 31.6 Å². The Bertz CT molecular complexity index is 122. The first-order valence-corrected chi connectivity index (χ1v) is 6.76. The molecule has 2 N–H and O–H groups in total. The molecule has 3 heteroatoms. The maximum absolute atomic E-state index is 8.69. The monoisotopic (exact) mass is 219 g/mol. The van der Waals surface area contributed by atoms with Crippen LogP contribution in [0.4, 0.5) is 0 Å². The summed E-state index contributed by atoms with van der Waals surface area (Å²) in [5.41, 5.74) is 0. The van der Waals surface area contributed by atoms with Crippen molar-refractivity contribution in [3.8, 4) is 0 Å². The van der Waals surface area contributed by atoms with Crippen LogP contribution < -0.4 is 5.32 Å². The molecule has 0 bridgehead atoms. The predicted octanol–water partition coefficient (Wildman–Crippen LogP) is 2.27. The lowest BCUT2D eigenvalue weighted by Crippen LogP contribution is -2.36.